The minimum absolute atomic E-state index is 0.00770. The fraction of sp³-hybridized carbons (Fsp3) is 0.833. The summed E-state index contributed by atoms with van der Waals surface area (Å²) in [6.07, 6.45) is 11.4. The minimum atomic E-state index is -1.49. The van der Waals surface area contributed by atoms with Crippen LogP contribution in [0, 0.1) is 17.8 Å². The number of unbranched alkanes of at least 4 members (excludes halogenated alkanes) is 7. The number of nitrogens with one attached hydrogen (secondary N) is 4. The molecule has 2 rings (SSSR count). The maximum Gasteiger partial charge on any atom is 0.325 e. The zero-order chi connectivity index (χ0) is 37.2. The second kappa shape index (κ2) is 22.5. The van der Waals surface area contributed by atoms with Gasteiger partial charge >= 0.3 is 5.97 Å². The summed E-state index contributed by atoms with van der Waals surface area (Å²) in [6.45, 7) is 5.45. The summed E-state index contributed by atoms with van der Waals surface area (Å²) in [6, 6.07) is -4.98. The Morgan fingerprint density at radius 1 is 0.780 bits per heavy atom. The topological polar surface area (TPSA) is 203 Å². The van der Waals surface area contributed by atoms with Gasteiger partial charge < -0.3 is 41.1 Å². The first-order valence-corrected chi connectivity index (χ1v) is 18.7. The summed E-state index contributed by atoms with van der Waals surface area (Å²) < 4.78 is 5.78. The molecule has 0 aromatic rings. The van der Waals surface area contributed by atoms with Crippen LogP contribution in [0.15, 0.2) is 0 Å². The zero-order valence-electron chi connectivity index (χ0n) is 30.8. The van der Waals surface area contributed by atoms with Gasteiger partial charge in [-0.25, -0.2) is 0 Å². The Kier molecular flexibility index (Phi) is 19.3. The van der Waals surface area contributed by atoms with Crippen LogP contribution < -0.4 is 21.3 Å². The zero-order valence-corrected chi connectivity index (χ0v) is 30.8. The third-order valence-corrected chi connectivity index (χ3v) is 9.85. The third kappa shape index (κ3) is 14.2. The molecule has 1 aliphatic carbocycles. The number of likely N-dealkylation sites (N-methyl/N-ethyl adjacent to an activating group) is 1. The number of hydrogen-bond donors (Lipinski definition) is 6. The molecule has 0 radical (unpaired) electrons. The molecule has 0 aromatic carbocycles. The van der Waals surface area contributed by atoms with E-state index in [2.05, 4.69) is 28.2 Å². The van der Waals surface area contributed by atoms with E-state index in [-0.39, 0.29) is 11.8 Å². The van der Waals surface area contributed by atoms with Crippen molar-refractivity contribution in [3.05, 3.63) is 0 Å². The van der Waals surface area contributed by atoms with Gasteiger partial charge in [0.1, 0.15) is 36.8 Å². The van der Waals surface area contributed by atoms with Gasteiger partial charge in [0.05, 0.1) is 19.1 Å². The van der Waals surface area contributed by atoms with Crippen molar-refractivity contribution in [1.82, 2.24) is 26.2 Å². The van der Waals surface area contributed by atoms with E-state index in [1.165, 1.54) is 31.2 Å². The lowest BCUT2D eigenvalue weighted by Crippen LogP contribution is -2.60. The largest absolute Gasteiger partial charge is 0.460 e. The van der Waals surface area contributed by atoms with Crippen LogP contribution >= 0.6 is 0 Å². The molecule has 6 N–H and O–H groups in total. The molecule has 1 aliphatic heterocycles. The number of carbonyl (C=O) groups is 6. The fourth-order valence-corrected chi connectivity index (χ4v) is 6.40. The van der Waals surface area contributed by atoms with Crippen LogP contribution in [0.2, 0.25) is 0 Å². The van der Waals surface area contributed by atoms with Crippen LogP contribution in [-0.4, -0.2) is 108 Å². The predicted octanol–water partition coefficient (Wildman–Crippen LogP) is 1.70. The van der Waals surface area contributed by atoms with Gasteiger partial charge in [0.25, 0.3) is 0 Å². The number of ether oxygens (including phenoxy) is 1. The van der Waals surface area contributed by atoms with Gasteiger partial charge in [-0.3, -0.25) is 28.8 Å². The molecule has 0 aromatic heterocycles. The number of nitrogens with zero attached hydrogens (tertiary/aromatic N) is 1. The number of cyclic esters (lactones) is 1. The Bertz CT molecular complexity index is 1120. The van der Waals surface area contributed by atoms with Gasteiger partial charge in [-0.05, 0) is 37.5 Å². The highest BCUT2D eigenvalue weighted by atomic mass is 16.5. The number of esters is 1. The number of rotatable bonds is 15. The van der Waals surface area contributed by atoms with Crippen molar-refractivity contribution in [2.24, 2.45) is 17.8 Å². The quantitative estimate of drug-likeness (QED) is 0.108. The standard InChI is InChI=1S/C36H63N5O9/c1-6-7-8-9-10-11-12-13-17-30-24(4)36(49)41(5)29(18-23(2)3)35(48)38-26(19-25-15-14-16-25)33(46)40-28(22-43)34(47)39-27(21-42)32(45)37-20-31(44)50-30/h23-30,42-43H,6-22H2,1-5H3,(H,37,45)(H,38,48)(H,39,47)(H,40,46)/t24-,26+,27+,28+,29+,30-/m1/s1. The summed E-state index contributed by atoms with van der Waals surface area (Å²) in [5, 5.41) is 29.7. The van der Waals surface area contributed by atoms with Gasteiger partial charge in [-0.2, -0.15) is 0 Å². The smallest absolute Gasteiger partial charge is 0.325 e. The molecule has 5 amide bonds. The predicted molar refractivity (Wildman–Crippen MR) is 187 cm³/mol. The van der Waals surface area contributed by atoms with Crippen molar-refractivity contribution in [3.8, 4) is 0 Å². The van der Waals surface area contributed by atoms with Crippen LogP contribution in [0.3, 0.4) is 0 Å². The fourth-order valence-electron chi connectivity index (χ4n) is 6.40. The molecule has 1 saturated carbocycles. The maximum absolute atomic E-state index is 14.0. The van der Waals surface area contributed by atoms with E-state index in [1.54, 1.807) is 6.92 Å². The van der Waals surface area contributed by atoms with Crippen LogP contribution in [-0.2, 0) is 33.5 Å². The van der Waals surface area contributed by atoms with E-state index in [0.717, 1.165) is 44.9 Å². The first-order chi connectivity index (χ1) is 23.8. The lowest BCUT2D eigenvalue weighted by Gasteiger charge is -2.35. The summed E-state index contributed by atoms with van der Waals surface area (Å²) in [5.74, 6) is -4.89. The highest BCUT2D eigenvalue weighted by Crippen LogP contribution is 2.31. The highest BCUT2D eigenvalue weighted by Gasteiger charge is 2.38. The van der Waals surface area contributed by atoms with Gasteiger partial charge in [-0.15, -0.1) is 0 Å². The summed E-state index contributed by atoms with van der Waals surface area (Å²) >= 11 is 0. The Hall–Kier alpha value is -3.26. The van der Waals surface area contributed by atoms with Crippen LogP contribution in [0.5, 0.6) is 0 Å². The maximum atomic E-state index is 14.0. The number of aliphatic hydroxyl groups excluding tert-OH is 2. The summed E-state index contributed by atoms with van der Waals surface area (Å²) in [7, 11) is 1.53. The van der Waals surface area contributed by atoms with E-state index in [1.807, 2.05) is 13.8 Å². The normalized spacial score (nSPS) is 26.9. The van der Waals surface area contributed by atoms with Crippen molar-refractivity contribution >= 4 is 35.5 Å². The lowest BCUT2D eigenvalue weighted by atomic mass is 9.80. The third-order valence-electron chi connectivity index (χ3n) is 9.85. The average Bonchev–Trinajstić information content (AvgIpc) is 3.07. The molecular weight excluding hydrogens is 646 g/mol. The molecule has 1 heterocycles. The van der Waals surface area contributed by atoms with E-state index in [0.29, 0.717) is 25.7 Å². The number of carbonyl (C=O) groups excluding carboxylic acids is 6. The Morgan fingerprint density at radius 3 is 1.86 bits per heavy atom. The monoisotopic (exact) mass is 709 g/mol. The molecule has 14 nitrogen and oxygen atoms in total. The molecule has 50 heavy (non-hydrogen) atoms. The second-order valence-electron chi connectivity index (χ2n) is 14.5. The van der Waals surface area contributed by atoms with E-state index < -0.39 is 91.5 Å². The molecule has 6 atom stereocenters. The molecule has 0 unspecified atom stereocenters. The van der Waals surface area contributed by atoms with E-state index in [4.69, 9.17) is 4.74 Å². The summed E-state index contributed by atoms with van der Waals surface area (Å²) in [5.41, 5.74) is 0. The van der Waals surface area contributed by atoms with E-state index >= 15 is 0 Å². The van der Waals surface area contributed by atoms with Gasteiger partial charge in [0.2, 0.25) is 29.5 Å². The van der Waals surface area contributed by atoms with E-state index in [9.17, 15) is 39.0 Å². The van der Waals surface area contributed by atoms with Gasteiger partial charge in [0.15, 0.2) is 0 Å². The summed E-state index contributed by atoms with van der Waals surface area (Å²) in [4.78, 5) is 81.7. The molecule has 0 bridgehead atoms. The molecule has 14 heteroatoms. The lowest BCUT2D eigenvalue weighted by molar-refractivity contribution is -0.157. The number of hydrogen-bond acceptors (Lipinski definition) is 9. The average molecular weight is 710 g/mol. The first kappa shape index (κ1) is 42.9. The molecule has 2 aliphatic rings. The molecule has 2 fully saturated rings. The molecule has 286 valence electrons. The number of aliphatic hydroxyl groups is 2. The van der Waals surface area contributed by atoms with Crippen molar-refractivity contribution in [2.45, 2.75) is 148 Å². The first-order valence-electron chi connectivity index (χ1n) is 18.7. The van der Waals surface area contributed by atoms with Crippen molar-refractivity contribution in [2.75, 3.05) is 26.8 Å². The van der Waals surface area contributed by atoms with Crippen LogP contribution in [0.25, 0.3) is 0 Å². The molecule has 0 spiro atoms. The highest BCUT2D eigenvalue weighted by molar-refractivity contribution is 5.96. The Morgan fingerprint density at radius 2 is 1.32 bits per heavy atom. The number of amides is 5. The van der Waals surface area contributed by atoms with Crippen LogP contribution in [0.4, 0.5) is 0 Å². The molecular formula is C36H63N5O9. The second-order valence-corrected chi connectivity index (χ2v) is 14.5. The Labute approximate surface area is 297 Å². The van der Waals surface area contributed by atoms with Crippen molar-refractivity contribution in [1.29, 1.82) is 0 Å². The van der Waals surface area contributed by atoms with Gasteiger partial charge in [0, 0.05) is 7.05 Å². The SMILES string of the molecule is CCCCCCCCCC[C@H]1OC(=O)CNC(=O)[C@H](CO)NC(=O)[C@H](CO)NC(=O)[C@H](CC2CCC2)NC(=O)[C@H](CC(C)C)N(C)C(=O)[C@@H]1C. The van der Waals surface area contributed by atoms with Crippen molar-refractivity contribution < 1.29 is 43.7 Å². The Balaban J connectivity index is 2.40. The van der Waals surface area contributed by atoms with Crippen LogP contribution in [0.1, 0.15) is 118 Å². The molecule has 1 saturated heterocycles. The minimum Gasteiger partial charge on any atom is -0.460 e. The van der Waals surface area contributed by atoms with Gasteiger partial charge in [-0.1, -0.05) is 91.9 Å². The van der Waals surface area contributed by atoms with Crippen molar-refractivity contribution in [3.63, 3.8) is 0 Å².